The van der Waals surface area contributed by atoms with Crippen molar-refractivity contribution >= 4 is 16.7 Å². The van der Waals surface area contributed by atoms with Crippen LogP contribution in [0.5, 0.6) is 0 Å². The van der Waals surface area contributed by atoms with Crippen LogP contribution in [0.2, 0.25) is 0 Å². The Bertz CT molecular complexity index is 1620. The van der Waals surface area contributed by atoms with Gasteiger partial charge in [-0.25, -0.2) is 9.97 Å². The molecule has 3 heterocycles. The number of nitrogens with zero attached hydrogens (tertiary/aromatic N) is 4. The molecule has 0 radical (unpaired) electrons. The highest BCUT2D eigenvalue weighted by atomic mass is 16.3. The van der Waals surface area contributed by atoms with E-state index in [-0.39, 0.29) is 0 Å². The van der Waals surface area contributed by atoms with Crippen LogP contribution in [0.1, 0.15) is 55.5 Å². The molecule has 2 aromatic carbocycles. The van der Waals surface area contributed by atoms with E-state index in [1.165, 1.54) is 12.8 Å². The summed E-state index contributed by atoms with van der Waals surface area (Å²) in [7, 11) is 0. The molecule has 2 saturated carbocycles. The van der Waals surface area contributed by atoms with Gasteiger partial charge in [0.15, 0.2) is 11.3 Å². The minimum absolute atomic E-state index is 0.482. The van der Waals surface area contributed by atoms with Gasteiger partial charge < -0.3 is 10.8 Å². The van der Waals surface area contributed by atoms with Gasteiger partial charge in [-0.15, -0.1) is 0 Å². The van der Waals surface area contributed by atoms with Crippen LogP contribution >= 0.6 is 0 Å². The summed E-state index contributed by atoms with van der Waals surface area (Å²) < 4.78 is 1.91. The van der Waals surface area contributed by atoms with E-state index in [9.17, 15) is 5.11 Å². The van der Waals surface area contributed by atoms with Crippen molar-refractivity contribution in [3.05, 3.63) is 83.7 Å². The van der Waals surface area contributed by atoms with E-state index in [0.29, 0.717) is 18.8 Å². The summed E-state index contributed by atoms with van der Waals surface area (Å²) in [5.74, 6) is 0.550. The standard InChI is InChI=1S/C30H29N5O/c1-18-23-14-24(19-6-4-3-5-7-19)27(21-10-12-22(13-11-21)30(31)16-29(2,36)17-30)33-28(23)35-26(32-18)15-25(34-35)20-8-9-20/h3-7,10-15,20,36H,8-9,16-17,31H2,1-2H3. The summed E-state index contributed by atoms with van der Waals surface area (Å²) in [5, 5.41) is 16.2. The van der Waals surface area contributed by atoms with Crippen LogP contribution in [0.4, 0.5) is 0 Å². The largest absolute Gasteiger partial charge is 0.390 e. The Balaban J connectivity index is 1.42. The number of hydrogen-bond acceptors (Lipinski definition) is 5. The number of pyridine rings is 1. The van der Waals surface area contributed by atoms with E-state index >= 15 is 0 Å². The number of aliphatic hydroxyl groups is 1. The van der Waals surface area contributed by atoms with E-state index in [1.54, 1.807) is 0 Å². The molecule has 0 unspecified atom stereocenters. The molecule has 0 saturated heterocycles. The third-order valence-electron chi connectivity index (χ3n) is 7.79. The van der Waals surface area contributed by atoms with Gasteiger partial charge in [0.25, 0.3) is 0 Å². The zero-order chi connectivity index (χ0) is 24.7. The Morgan fingerprint density at radius 3 is 2.33 bits per heavy atom. The summed E-state index contributed by atoms with van der Waals surface area (Å²) in [6.07, 6.45) is 3.52. The van der Waals surface area contributed by atoms with Gasteiger partial charge in [0, 0.05) is 34.0 Å². The van der Waals surface area contributed by atoms with Crippen molar-refractivity contribution in [2.75, 3.05) is 0 Å². The molecule has 3 N–H and O–H groups in total. The quantitative estimate of drug-likeness (QED) is 0.358. The van der Waals surface area contributed by atoms with Crippen LogP contribution < -0.4 is 5.73 Å². The van der Waals surface area contributed by atoms with Gasteiger partial charge in [-0.1, -0.05) is 54.6 Å². The number of hydrogen-bond donors (Lipinski definition) is 2. The van der Waals surface area contributed by atoms with E-state index < -0.39 is 11.1 Å². The first-order valence-electron chi connectivity index (χ1n) is 12.7. The maximum atomic E-state index is 10.3. The average molecular weight is 476 g/mol. The highest BCUT2D eigenvalue weighted by molar-refractivity contribution is 5.92. The molecule has 2 aliphatic rings. The summed E-state index contributed by atoms with van der Waals surface area (Å²) >= 11 is 0. The zero-order valence-electron chi connectivity index (χ0n) is 20.6. The topological polar surface area (TPSA) is 89.3 Å². The molecular formula is C30H29N5O. The molecular weight excluding hydrogens is 446 g/mol. The minimum atomic E-state index is -0.686. The SMILES string of the molecule is Cc1nc2cc(C3CC3)nn2c2nc(-c3ccc(C4(N)CC(C)(O)C4)cc3)c(-c3ccccc3)cc12. The molecule has 180 valence electrons. The van der Waals surface area contributed by atoms with Crippen molar-refractivity contribution in [2.24, 2.45) is 5.73 Å². The third-order valence-corrected chi connectivity index (χ3v) is 7.79. The number of nitrogens with two attached hydrogens (primary N) is 1. The lowest BCUT2D eigenvalue weighted by Gasteiger charge is -2.49. The summed E-state index contributed by atoms with van der Waals surface area (Å²) in [6, 6.07) is 23.0. The second-order valence-corrected chi connectivity index (χ2v) is 11.0. The summed E-state index contributed by atoms with van der Waals surface area (Å²) in [4.78, 5) is 10.1. The van der Waals surface area contributed by atoms with E-state index in [4.69, 9.17) is 20.8 Å². The predicted octanol–water partition coefficient (Wildman–Crippen LogP) is 5.50. The van der Waals surface area contributed by atoms with Crippen molar-refractivity contribution in [1.29, 1.82) is 0 Å². The Kier molecular flexibility index (Phi) is 4.48. The van der Waals surface area contributed by atoms with Gasteiger partial charge in [-0.3, -0.25) is 0 Å². The maximum absolute atomic E-state index is 10.3. The van der Waals surface area contributed by atoms with Crippen molar-refractivity contribution in [3.63, 3.8) is 0 Å². The highest BCUT2D eigenvalue weighted by Gasteiger charge is 2.49. The molecule has 7 rings (SSSR count). The van der Waals surface area contributed by atoms with Gasteiger partial charge in [0.2, 0.25) is 0 Å². The molecule has 6 nitrogen and oxygen atoms in total. The smallest absolute Gasteiger partial charge is 0.165 e. The Hall–Kier alpha value is -3.61. The number of benzene rings is 2. The summed E-state index contributed by atoms with van der Waals surface area (Å²) in [5.41, 5.74) is 14.3. The molecule has 0 aliphatic heterocycles. The second kappa shape index (κ2) is 7.45. The van der Waals surface area contributed by atoms with Crippen LogP contribution in [0.15, 0.2) is 66.7 Å². The third kappa shape index (κ3) is 3.44. The number of aromatic nitrogens is 4. The molecule has 0 bridgehead atoms. The number of rotatable bonds is 4. The molecule has 3 aromatic heterocycles. The Morgan fingerprint density at radius 1 is 0.944 bits per heavy atom. The Morgan fingerprint density at radius 2 is 1.67 bits per heavy atom. The van der Waals surface area contributed by atoms with Crippen molar-refractivity contribution < 1.29 is 5.11 Å². The van der Waals surface area contributed by atoms with E-state index in [1.807, 2.05) is 24.4 Å². The van der Waals surface area contributed by atoms with Gasteiger partial charge >= 0.3 is 0 Å². The van der Waals surface area contributed by atoms with Gasteiger partial charge in [-0.2, -0.15) is 9.61 Å². The van der Waals surface area contributed by atoms with Crippen LogP contribution in [-0.4, -0.2) is 30.3 Å². The van der Waals surface area contributed by atoms with E-state index in [2.05, 4.69) is 60.7 Å². The zero-order valence-corrected chi connectivity index (χ0v) is 20.6. The van der Waals surface area contributed by atoms with Crippen LogP contribution in [0.25, 0.3) is 39.1 Å². The molecule has 2 fully saturated rings. The van der Waals surface area contributed by atoms with Crippen LogP contribution in [0, 0.1) is 6.92 Å². The maximum Gasteiger partial charge on any atom is 0.165 e. The van der Waals surface area contributed by atoms with Crippen LogP contribution in [-0.2, 0) is 5.54 Å². The second-order valence-electron chi connectivity index (χ2n) is 11.0. The van der Waals surface area contributed by atoms with E-state index in [0.717, 1.165) is 56.0 Å². The van der Waals surface area contributed by atoms with Crippen LogP contribution in [0.3, 0.4) is 0 Å². The molecule has 36 heavy (non-hydrogen) atoms. The predicted molar refractivity (Wildman–Crippen MR) is 142 cm³/mol. The first-order chi connectivity index (χ1) is 17.3. The summed E-state index contributed by atoms with van der Waals surface area (Å²) in [6.45, 7) is 3.89. The molecule has 0 spiro atoms. The highest BCUT2D eigenvalue weighted by Crippen LogP contribution is 2.46. The minimum Gasteiger partial charge on any atom is -0.390 e. The Labute approximate surface area is 209 Å². The molecule has 5 aromatic rings. The monoisotopic (exact) mass is 475 g/mol. The number of aryl methyl sites for hydroxylation is 1. The normalized spacial score (nSPS) is 23.8. The lowest BCUT2D eigenvalue weighted by atomic mass is 9.63. The fraction of sp³-hybridized carbons (Fsp3) is 0.300. The average Bonchev–Trinajstić information content (AvgIpc) is 3.62. The fourth-order valence-electron chi connectivity index (χ4n) is 5.90. The molecule has 0 amide bonds. The molecule has 0 atom stereocenters. The molecule has 2 aliphatic carbocycles. The first-order valence-corrected chi connectivity index (χ1v) is 12.7. The fourth-order valence-corrected chi connectivity index (χ4v) is 5.90. The van der Waals surface area contributed by atoms with Gasteiger partial charge in [0.05, 0.1) is 22.7 Å². The van der Waals surface area contributed by atoms with Gasteiger partial charge in [0.1, 0.15) is 0 Å². The van der Waals surface area contributed by atoms with Crippen molar-refractivity contribution in [2.45, 2.75) is 56.6 Å². The molecule has 6 heteroatoms. The number of fused-ring (bicyclic) bond motifs is 3. The van der Waals surface area contributed by atoms with Crippen molar-refractivity contribution in [1.82, 2.24) is 19.6 Å². The van der Waals surface area contributed by atoms with Gasteiger partial charge in [-0.05, 0) is 56.7 Å². The lowest BCUT2D eigenvalue weighted by molar-refractivity contribution is -0.0738. The van der Waals surface area contributed by atoms with Crippen molar-refractivity contribution in [3.8, 4) is 22.4 Å². The first kappa shape index (κ1) is 21.7. The lowest BCUT2D eigenvalue weighted by Crippen LogP contribution is -2.58.